The molecule has 0 unspecified atom stereocenters. The Hall–Kier alpha value is -2.02. The van der Waals surface area contributed by atoms with Gasteiger partial charge in [-0.15, -0.1) is 0 Å². The van der Waals surface area contributed by atoms with E-state index in [2.05, 4.69) is 19.2 Å². The van der Waals surface area contributed by atoms with Crippen molar-refractivity contribution in [1.29, 1.82) is 5.26 Å². The standard InChI is InChI=1S/C15H20N2O2/c1-10(2)12-8-11(6-7-13(12)19-5)17-14(18)15(3,4)9-16/h6-8,10H,1-5H3,(H,17,18). The normalized spacial score (nSPS) is 11.0. The molecule has 0 radical (unpaired) electrons. The molecule has 102 valence electrons. The maximum Gasteiger partial charge on any atom is 0.244 e. The fourth-order valence-corrected chi connectivity index (χ4v) is 1.60. The van der Waals surface area contributed by atoms with E-state index in [4.69, 9.17) is 10.00 Å². The second-order valence-corrected chi connectivity index (χ2v) is 5.30. The molecule has 1 N–H and O–H groups in total. The zero-order chi connectivity index (χ0) is 14.6. The third-order valence-corrected chi connectivity index (χ3v) is 2.96. The van der Waals surface area contributed by atoms with Crippen LogP contribution >= 0.6 is 0 Å². The molecule has 0 saturated carbocycles. The predicted octanol–water partition coefficient (Wildman–Crippen LogP) is 3.31. The molecule has 0 spiro atoms. The Kier molecular flexibility index (Phi) is 4.55. The lowest BCUT2D eigenvalue weighted by molar-refractivity contribution is -0.121. The summed E-state index contributed by atoms with van der Waals surface area (Å²) >= 11 is 0. The highest BCUT2D eigenvalue weighted by Gasteiger charge is 2.27. The van der Waals surface area contributed by atoms with Crippen molar-refractivity contribution in [2.45, 2.75) is 33.6 Å². The van der Waals surface area contributed by atoms with Crippen LogP contribution in [-0.4, -0.2) is 13.0 Å². The van der Waals surface area contributed by atoms with Gasteiger partial charge in [0.2, 0.25) is 5.91 Å². The van der Waals surface area contributed by atoms with Gasteiger partial charge < -0.3 is 10.1 Å². The molecule has 0 aliphatic heterocycles. The minimum absolute atomic E-state index is 0.288. The number of carbonyl (C=O) groups excluding carboxylic acids is 1. The molecule has 1 aromatic carbocycles. The Balaban J connectivity index is 3.02. The van der Waals surface area contributed by atoms with Gasteiger partial charge in [0.15, 0.2) is 0 Å². The number of anilines is 1. The van der Waals surface area contributed by atoms with E-state index in [1.54, 1.807) is 27.0 Å². The largest absolute Gasteiger partial charge is 0.496 e. The van der Waals surface area contributed by atoms with E-state index in [-0.39, 0.29) is 11.8 Å². The summed E-state index contributed by atoms with van der Waals surface area (Å²) in [7, 11) is 1.62. The van der Waals surface area contributed by atoms with Crippen LogP contribution in [0, 0.1) is 16.7 Å². The number of amides is 1. The van der Waals surface area contributed by atoms with Gasteiger partial charge in [-0.1, -0.05) is 13.8 Å². The molecule has 1 rings (SSSR count). The fourth-order valence-electron chi connectivity index (χ4n) is 1.60. The van der Waals surface area contributed by atoms with E-state index in [9.17, 15) is 4.79 Å². The number of methoxy groups -OCH3 is 1. The lowest BCUT2D eigenvalue weighted by Crippen LogP contribution is -2.29. The number of nitriles is 1. The van der Waals surface area contributed by atoms with Gasteiger partial charge in [0, 0.05) is 5.69 Å². The zero-order valence-electron chi connectivity index (χ0n) is 12.1. The first kappa shape index (κ1) is 15.0. The molecule has 0 saturated heterocycles. The van der Waals surface area contributed by atoms with Gasteiger partial charge >= 0.3 is 0 Å². The highest BCUT2D eigenvalue weighted by molar-refractivity contribution is 5.96. The van der Waals surface area contributed by atoms with Crippen LogP contribution in [0.5, 0.6) is 5.75 Å². The van der Waals surface area contributed by atoms with Crippen molar-refractivity contribution in [1.82, 2.24) is 0 Å². The topological polar surface area (TPSA) is 62.1 Å². The third kappa shape index (κ3) is 3.47. The summed E-state index contributed by atoms with van der Waals surface area (Å²) in [4.78, 5) is 11.9. The van der Waals surface area contributed by atoms with Gasteiger partial charge in [-0.3, -0.25) is 4.79 Å². The molecular formula is C15H20N2O2. The number of carbonyl (C=O) groups is 1. The number of hydrogen-bond acceptors (Lipinski definition) is 3. The minimum Gasteiger partial charge on any atom is -0.496 e. The van der Waals surface area contributed by atoms with E-state index < -0.39 is 5.41 Å². The quantitative estimate of drug-likeness (QED) is 0.903. The Labute approximate surface area is 114 Å². The molecule has 0 aliphatic rings. The van der Waals surface area contributed by atoms with Crippen LogP contribution in [0.25, 0.3) is 0 Å². The minimum atomic E-state index is -1.04. The predicted molar refractivity (Wildman–Crippen MR) is 75.1 cm³/mol. The van der Waals surface area contributed by atoms with Crippen molar-refractivity contribution in [3.63, 3.8) is 0 Å². The summed E-state index contributed by atoms with van der Waals surface area (Å²) in [6.07, 6.45) is 0. The van der Waals surface area contributed by atoms with E-state index in [1.807, 2.05) is 18.2 Å². The molecule has 0 bridgehead atoms. The summed E-state index contributed by atoms with van der Waals surface area (Å²) in [6.45, 7) is 7.30. The molecule has 1 aromatic rings. The zero-order valence-corrected chi connectivity index (χ0v) is 12.1. The summed E-state index contributed by atoms with van der Waals surface area (Å²) in [5, 5.41) is 11.7. The Bertz CT molecular complexity index is 513. The van der Waals surface area contributed by atoms with Gasteiger partial charge in [0.1, 0.15) is 11.2 Å². The monoisotopic (exact) mass is 260 g/mol. The van der Waals surface area contributed by atoms with Crippen LogP contribution in [0.1, 0.15) is 39.2 Å². The van der Waals surface area contributed by atoms with Crippen molar-refractivity contribution >= 4 is 11.6 Å². The van der Waals surface area contributed by atoms with Gasteiger partial charge in [0.05, 0.1) is 13.2 Å². The maximum atomic E-state index is 11.9. The molecule has 0 aliphatic carbocycles. The van der Waals surface area contributed by atoms with Gasteiger partial charge in [-0.2, -0.15) is 5.26 Å². The van der Waals surface area contributed by atoms with E-state index in [0.717, 1.165) is 11.3 Å². The molecule has 0 heterocycles. The van der Waals surface area contributed by atoms with Gasteiger partial charge in [-0.05, 0) is 43.5 Å². The maximum absolute atomic E-state index is 11.9. The summed E-state index contributed by atoms with van der Waals surface area (Å²) in [6, 6.07) is 7.47. The van der Waals surface area contributed by atoms with Gasteiger partial charge in [0.25, 0.3) is 0 Å². The van der Waals surface area contributed by atoms with Crippen LogP contribution in [0.3, 0.4) is 0 Å². The van der Waals surface area contributed by atoms with Crippen molar-refractivity contribution in [2.24, 2.45) is 5.41 Å². The first-order valence-electron chi connectivity index (χ1n) is 6.22. The highest BCUT2D eigenvalue weighted by Crippen LogP contribution is 2.29. The van der Waals surface area contributed by atoms with E-state index >= 15 is 0 Å². The fraction of sp³-hybridized carbons (Fsp3) is 0.467. The Morgan fingerprint density at radius 1 is 1.42 bits per heavy atom. The van der Waals surface area contributed by atoms with Gasteiger partial charge in [-0.25, -0.2) is 0 Å². The van der Waals surface area contributed by atoms with Crippen molar-refractivity contribution in [3.05, 3.63) is 23.8 Å². The molecular weight excluding hydrogens is 240 g/mol. The third-order valence-electron chi connectivity index (χ3n) is 2.96. The molecule has 19 heavy (non-hydrogen) atoms. The SMILES string of the molecule is COc1ccc(NC(=O)C(C)(C)C#N)cc1C(C)C. The molecule has 0 aromatic heterocycles. The van der Waals surface area contributed by atoms with Crippen LogP contribution in [0.2, 0.25) is 0 Å². The lowest BCUT2D eigenvalue weighted by Gasteiger charge is -2.17. The average molecular weight is 260 g/mol. The summed E-state index contributed by atoms with van der Waals surface area (Å²) in [5.74, 6) is 0.776. The first-order chi connectivity index (χ1) is 8.81. The second-order valence-electron chi connectivity index (χ2n) is 5.30. The molecule has 4 heteroatoms. The number of rotatable bonds is 4. The molecule has 1 amide bonds. The number of ether oxygens (including phenoxy) is 1. The van der Waals surface area contributed by atoms with E-state index in [1.165, 1.54) is 0 Å². The average Bonchev–Trinajstić information content (AvgIpc) is 2.38. The van der Waals surface area contributed by atoms with Crippen molar-refractivity contribution in [3.8, 4) is 11.8 Å². The smallest absolute Gasteiger partial charge is 0.244 e. The second kappa shape index (κ2) is 5.75. The number of nitrogens with one attached hydrogen (secondary N) is 1. The number of hydrogen-bond donors (Lipinski definition) is 1. The summed E-state index contributed by atoms with van der Waals surface area (Å²) in [5.41, 5.74) is 0.658. The van der Waals surface area contributed by atoms with Crippen LogP contribution in [0.15, 0.2) is 18.2 Å². The van der Waals surface area contributed by atoms with Crippen LogP contribution in [0.4, 0.5) is 5.69 Å². The number of nitrogens with zero attached hydrogens (tertiary/aromatic N) is 1. The molecule has 0 fully saturated rings. The van der Waals surface area contributed by atoms with E-state index in [0.29, 0.717) is 5.69 Å². The van der Waals surface area contributed by atoms with Crippen molar-refractivity contribution in [2.75, 3.05) is 12.4 Å². The number of benzene rings is 1. The molecule has 0 atom stereocenters. The van der Waals surface area contributed by atoms with Crippen LogP contribution < -0.4 is 10.1 Å². The van der Waals surface area contributed by atoms with Crippen LogP contribution in [-0.2, 0) is 4.79 Å². The molecule has 4 nitrogen and oxygen atoms in total. The lowest BCUT2D eigenvalue weighted by atomic mass is 9.94. The first-order valence-corrected chi connectivity index (χ1v) is 6.22. The highest BCUT2D eigenvalue weighted by atomic mass is 16.5. The Morgan fingerprint density at radius 3 is 2.53 bits per heavy atom. The summed E-state index contributed by atoms with van der Waals surface area (Å²) < 4.78 is 5.29. The van der Waals surface area contributed by atoms with Crippen molar-refractivity contribution < 1.29 is 9.53 Å². The Morgan fingerprint density at radius 2 is 2.05 bits per heavy atom.